The van der Waals surface area contributed by atoms with Crippen LogP contribution in [0.5, 0.6) is 0 Å². The van der Waals surface area contributed by atoms with Gasteiger partial charge in [-0.2, -0.15) is 0 Å². The Morgan fingerprint density at radius 1 is 1.07 bits per heavy atom. The zero-order valence-corrected chi connectivity index (χ0v) is 14.9. The van der Waals surface area contributed by atoms with Crippen LogP contribution in [-0.4, -0.2) is 20.6 Å². The molecule has 4 aromatic rings. The predicted molar refractivity (Wildman–Crippen MR) is 105 cm³/mol. The van der Waals surface area contributed by atoms with Gasteiger partial charge in [-0.1, -0.05) is 36.4 Å². The lowest BCUT2D eigenvalue weighted by molar-refractivity contribution is 0.0696. The fourth-order valence-electron chi connectivity index (χ4n) is 3.23. The molecule has 0 aliphatic rings. The summed E-state index contributed by atoms with van der Waals surface area (Å²) in [6, 6.07) is 14.7. The molecule has 1 unspecified atom stereocenters. The number of thiazole rings is 1. The van der Waals surface area contributed by atoms with Crippen LogP contribution in [0.25, 0.3) is 16.5 Å². The molecule has 2 aromatic carbocycles. The topological polar surface area (TPSA) is 98.2 Å². The Morgan fingerprint density at radius 3 is 2.37 bits per heavy atom. The Balaban J connectivity index is 2.20. The van der Waals surface area contributed by atoms with Crippen LogP contribution in [0.15, 0.2) is 71.0 Å². The normalized spacial score (nSPS) is 12.2. The second-order valence-corrected chi connectivity index (χ2v) is 6.86. The number of benzene rings is 2. The molecular formula is C20H15N3O3S. The molecule has 2 aromatic heterocycles. The molecule has 0 amide bonds. The molecule has 0 aliphatic heterocycles. The minimum atomic E-state index is -1.14. The van der Waals surface area contributed by atoms with E-state index in [4.69, 9.17) is 5.73 Å². The van der Waals surface area contributed by atoms with Gasteiger partial charge in [-0.25, -0.2) is 9.78 Å². The number of fused-ring (bicyclic) bond motifs is 1. The Bertz CT molecular complexity index is 1180. The molecule has 0 radical (unpaired) electrons. The number of hydrogen-bond donors (Lipinski definition) is 2. The largest absolute Gasteiger partial charge is 0.478 e. The molecule has 6 nitrogen and oxygen atoms in total. The van der Waals surface area contributed by atoms with E-state index < -0.39 is 12.0 Å². The van der Waals surface area contributed by atoms with Crippen LogP contribution in [0.4, 0.5) is 0 Å². The summed E-state index contributed by atoms with van der Waals surface area (Å²) in [4.78, 5) is 29.7. The highest BCUT2D eigenvalue weighted by atomic mass is 32.1. The minimum absolute atomic E-state index is 0.0109. The lowest BCUT2D eigenvalue weighted by atomic mass is 9.99. The first kappa shape index (κ1) is 17.1. The molecule has 7 heteroatoms. The molecular weight excluding hydrogens is 362 g/mol. The molecule has 2 heterocycles. The Hall–Kier alpha value is -3.29. The van der Waals surface area contributed by atoms with Gasteiger partial charge >= 0.3 is 5.97 Å². The number of carbonyl (C=O) groups is 1. The van der Waals surface area contributed by atoms with Crippen LogP contribution in [-0.2, 0) is 0 Å². The summed E-state index contributed by atoms with van der Waals surface area (Å²) in [5.74, 6) is -1.14. The van der Waals surface area contributed by atoms with Gasteiger partial charge in [-0.05, 0) is 18.2 Å². The van der Waals surface area contributed by atoms with Crippen molar-refractivity contribution in [3.8, 4) is 5.69 Å². The van der Waals surface area contributed by atoms with Gasteiger partial charge in [0.05, 0.1) is 17.3 Å². The summed E-state index contributed by atoms with van der Waals surface area (Å²) in [6.45, 7) is 0. The molecule has 27 heavy (non-hydrogen) atoms. The summed E-state index contributed by atoms with van der Waals surface area (Å²) in [5, 5.41) is 13.0. The van der Waals surface area contributed by atoms with Crippen LogP contribution in [0.3, 0.4) is 0 Å². The molecule has 4 rings (SSSR count). The van der Waals surface area contributed by atoms with Crippen LogP contribution >= 0.6 is 11.3 Å². The maximum atomic E-state index is 13.3. The summed E-state index contributed by atoms with van der Waals surface area (Å²) in [7, 11) is 0. The van der Waals surface area contributed by atoms with E-state index in [0.29, 0.717) is 21.5 Å². The molecule has 0 spiro atoms. The lowest BCUT2D eigenvalue weighted by Gasteiger charge is -2.21. The van der Waals surface area contributed by atoms with Gasteiger partial charge in [0.2, 0.25) is 0 Å². The second kappa shape index (κ2) is 6.79. The van der Waals surface area contributed by atoms with Crippen molar-refractivity contribution < 1.29 is 9.90 Å². The van der Waals surface area contributed by atoms with E-state index in [1.165, 1.54) is 15.9 Å². The zero-order chi connectivity index (χ0) is 19.0. The van der Waals surface area contributed by atoms with Crippen LogP contribution in [0.2, 0.25) is 0 Å². The Labute approximate surface area is 158 Å². The Morgan fingerprint density at radius 2 is 1.74 bits per heavy atom. The van der Waals surface area contributed by atoms with Crippen molar-refractivity contribution in [3.63, 3.8) is 0 Å². The number of nitrogens with zero attached hydrogens (tertiary/aromatic N) is 2. The number of carboxylic acids is 1. The summed E-state index contributed by atoms with van der Waals surface area (Å²) < 4.78 is 1.39. The average molecular weight is 377 g/mol. The zero-order valence-electron chi connectivity index (χ0n) is 14.1. The highest BCUT2D eigenvalue weighted by molar-refractivity contribution is 7.09. The van der Waals surface area contributed by atoms with Crippen molar-refractivity contribution in [2.24, 2.45) is 5.73 Å². The van der Waals surface area contributed by atoms with Crippen LogP contribution < -0.4 is 11.3 Å². The number of pyridine rings is 1. The molecule has 134 valence electrons. The minimum Gasteiger partial charge on any atom is -0.478 e. The Kier molecular flexibility index (Phi) is 4.31. The highest BCUT2D eigenvalue weighted by Crippen LogP contribution is 2.30. The number of aromatic nitrogens is 2. The van der Waals surface area contributed by atoms with Crippen LogP contribution in [0, 0.1) is 0 Å². The number of carboxylic acid groups (broad SMARTS) is 1. The molecule has 0 saturated carbocycles. The molecule has 3 N–H and O–H groups in total. The summed E-state index contributed by atoms with van der Waals surface area (Å²) in [6.07, 6.45) is 1.60. The summed E-state index contributed by atoms with van der Waals surface area (Å²) >= 11 is 1.32. The quantitative estimate of drug-likeness (QED) is 0.569. The smallest absolute Gasteiger partial charge is 0.338 e. The van der Waals surface area contributed by atoms with E-state index in [-0.39, 0.29) is 16.8 Å². The third-order valence-electron chi connectivity index (χ3n) is 4.37. The van der Waals surface area contributed by atoms with Crippen molar-refractivity contribution in [2.45, 2.75) is 6.04 Å². The molecule has 0 bridgehead atoms. The van der Waals surface area contributed by atoms with E-state index in [1.54, 1.807) is 60.1 Å². The second-order valence-electron chi connectivity index (χ2n) is 5.94. The third kappa shape index (κ3) is 2.83. The molecule has 0 aliphatic carbocycles. The van der Waals surface area contributed by atoms with E-state index in [1.807, 2.05) is 6.07 Å². The van der Waals surface area contributed by atoms with E-state index >= 15 is 0 Å². The SMILES string of the molecule is NC(c1nccs1)c1c(C(=O)O)c2ccccc2c(=O)n1-c1ccccc1. The molecule has 0 saturated heterocycles. The number of nitrogens with two attached hydrogens (primary N) is 1. The molecule has 1 atom stereocenters. The van der Waals surface area contributed by atoms with E-state index in [9.17, 15) is 14.7 Å². The first-order valence-electron chi connectivity index (χ1n) is 8.21. The number of hydrogen-bond acceptors (Lipinski definition) is 5. The van der Waals surface area contributed by atoms with Crippen molar-refractivity contribution in [1.29, 1.82) is 0 Å². The first-order valence-corrected chi connectivity index (χ1v) is 9.09. The van der Waals surface area contributed by atoms with Gasteiger partial charge in [0.1, 0.15) is 5.01 Å². The van der Waals surface area contributed by atoms with Crippen molar-refractivity contribution >= 4 is 28.1 Å². The molecule has 0 fully saturated rings. The maximum Gasteiger partial charge on any atom is 0.338 e. The van der Waals surface area contributed by atoms with Gasteiger partial charge in [0.15, 0.2) is 0 Å². The van der Waals surface area contributed by atoms with Crippen molar-refractivity contribution in [3.05, 3.63) is 92.8 Å². The van der Waals surface area contributed by atoms with Crippen molar-refractivity contribution in [1.82, 2.24) is 9.55 Å². The van der Waals surface area contributed by atoms with Gasteiger partial charge in [0, 0.05) is 28.0 Å². The standard InChI is InChI=1S/C20H15N3O3S/c21-16(18-22-10-11-27-18)17-15(20(25)26)13-8-4-5-9-14(13)19(24)23(17)12-6-2-1-3-7-12/h1-11,16H,21H2,(H,25,26). The monoisotopic (exact) mass is 377 g/mol. The van der Waals surface area contributed by atoms with E-state index in [2.05, 4.69) is 4.98 Å². The van der Waals surface area contributed by atoms with Crippen LogP contribution in [0.1, 0.15) is 27.1 Å². The number of aromatic carboxylic acids is 1. The lowest BCUT2D eigenvalue weighted by Crippen LogP contribution is -2.30. The van der Waals surface area contributed by atoms with Gasteiger partial charge in [0.25, 0.3) is 5.56 Å². The fraction of sp³-hybridized carbons (Fsp3) is 0.0500. The van der Waals surface area contributed by atoms with Gasteiger partial charge in [-0.15, -0.1) is 11.3 Å². The number of para-hydroxylation sites is 1. The van der Waals surface area contributed by atoms with Crippen molar-refractivity contribution in [2.75, 3.05) is 0 Å². The average Bonchev–Trinajstić information content (AvgIpc) is 3.22. The highest BCUT2D eigenvalue weighted by Gasteiger charge is 2.28. The fourth-order valence-corrected chi connectivity index (χ4v) is 3.87. The third-order valence-corrected chi connectivity index (χ3v) is 5.23. The van der Waals surface area contributed by atoms with Gasteiger partial charge in [-0.3, -0.25) is 9.36 Å². The number of rotatable bonds is 4. The van der Waals surface area contributed by atoms with E-state index in [0.717, 1.165) is 0 Å². The predicted octanol–water partition coefficient (Wildman–Crippen LogP) is 3.19. The summed E-state index contributed by atoms with van der Waals surface area (Å²) in [5.41, 5.74) is 6.89. The first-order chi connectivity index (χ1) is 13.1. The maximum absolute atomic E-state index is 13.3. The van der Waals surface area contributed by atoms with Gasteiger partial charge < -0.3 is 10.8 Å².